The molecule has 2 N–H and O–H groups in total. The third kappa shape index (κ3) is 2.81. The van der Waals surface area contributed by atoms with Gasteiger partial charge < -0.3 is 5.84 Å². The summed E-state index contributed by atoms with van der Waals surface area (Å²) in [5, 5.41) is -0.550. The average Bonchev–Trinajstić information content (AvgIpc) is 2.32. The second-order valence-corrected chi connectivity index (χ2v) is 4.34. The third-order valence-electron chi connectivity index (χ3n) is 2.87. The molecule has 1 aromatic heterocycles. The number of alkyl halides is 6. The zero-order valence-electron chi connectivity index (χ0n) is 10.2. The molecule has 0 spiro atoms. The van der Waals surface area contributed by atoms with Crippen LogP contribution in [0.15, 0.2) is 29.1 Å². The standard InChI is InChI=1S/C12H8F6N2O/c13-11(14,15)5-7-9(12(16,17)18)6-3-1-2-4-8(6)20(19)10(7)21/h1-4H,5,19H2. The van der Waals surface area contributed by atoms with Crippen LogP contribution >= 0.6 is 0 Å². The smallest absolute Gasteiger partial charge is 0.336 e. The van der Waals surface area contributed by atoms with E-state index < -0.39 is 40.8 Å². The van der Waals surface area contributed by atoms with Crippen LogP contribution in [0.5, 0.6) is 0 Å². The van der Waals surface area contributed by atoms with Gasteiger partial charge in [-0.05, 0) is 6.07 Å². The van der Waals surface area contributed by atoms with E-state index >= 15 is 0 Å². The maximum absolute atomic E-state index is 13.1. The number of halogens is 6. The lowest BCUT2D eigenvalue weighted by Gasteiger charge is -2.18. The Hall–Kier alpha value is -2.19. The Morgan fingerprint density at radius 2 is 1.62 bits per heavy atom. The van der Waals surface area contributed by atoms with Crippen LogP contribution in [0.3, 0.4) is 0 Å². The fourth-order valence-corrected chi connectivity index (χ4v) is 2.11. The summed E-state index contributed by atoms with van der Waals surface area (Å²) >= 11 is 0. The van der Waals surface area contributed by atoms with E-state index in [4.69, 9.17) is 5.84 Å². The molecular formula is C12H8F6N2O. The highest BCUT2D eigenvalue weighted by Gasteiger charge is 2.41. The van der Waals surface area contributed by atoms with E-state index in [1.165, 1.54) is 12.1 Å². The summed E-state index contributed by atoms with van der Waals surface area (Å²) in [5.74, 6) is 5.32. The Morgan fingerprint density at radius 1 is 1.05 bits per heavy atom. The van der Waals surface area contributed by atoms with Crippen LogP contribution in [0.4, 0.5) is 26.3 Å². The Morgan fingerprint density at radius 3 is 2.14 bits per heavy atom. The van der Waals surface area contributed by atoms with Crippen LogP contribution in [-0.4, -0.2) is 10.9 Å². The summed E-state index contributed by atoms with van der Waals surface area (Å²) in [7, 11) is 0. The molecule has 21 heavy (non-hydrogen) atoms. The molecule has 2 aromatic rings. The van der Waals surface area contributed by atoms with Crippen molar-refractivity contribution >= 4 is 10.9 Å². The van der Waals surface area contributed by atoms with Gasteiger partial charge in [0.15, 0.2) is 0 Å². The van der Waals surface area contributed by atoms with E-state index in [0.717, 1.165) is 12.1 Å². The van der Waals surface area contributed by atoms with Gasteiger partial charge in [-0.2, -0.15) is 26.3 Å². The predicted molar refractivity (Wildman–Crippen MR) is 63.1 cm³/mol. The number of nitrogen functional groups attached to an aromatic ring is 1. The zero-order valence-corrected chi connectivity index (χ0v) is 10.2. The van der Waals surface area contributed by atoms with Gasteiger partial charge in [-0.15, -0.1) is 0 Å². The lowest BCUT2D eigenvalue weighted by Crippen LogP contribution is -2.35. The van der Waals surface area contributed by atoms with Crippen molar-refractivity contribution in [2.45, 2.75) is 18.8 Å². The Bertz CT molecular complexity index is 744. The lowest BCUT2D eigenvalue weighted by molar-refractivity contribution is -0.142. The number of hydrogen-bond donors (Lipinski definition) is 1. The van der Waals surface area contributed by atoms with E-state index in [0.29, 0.717) is 4.68 Å². The van der Waals surface area contributed by atoms with Crippen molar-refractivity contribution in [3.05, 3.63) is 45.7 Å². The second-order valence-electron chi connectivity index (χ2n) is 4.34. The maximum atomic E-state index is 13.1. The largest absolute Gasteiger partial charge is 0.417 e. The highest BCUT2D eigenvalue weighted by atomic mass is 19.4. The van der Waals surface area contributed by atoms with Gasteiger partial charge in [0, 0.05) is 10.9 Å². The van der Waals surface area contributed by atoms with E-state index in [2.05, 4.69) is 0 Å². The Kier molecular flexibility index (Phi) is 3.38. The fourth-order valence-electron chi connectivity index (χ4n) is 2.11. The highest BCUT2D eigenvalue weighted by molar-refractivity contribution is 5.84. The van der Waals surface area contributed by atoms with Crippen LogP contribution in [0, 0.1) is 0 Å². The first-order valence-corrected chi connectivity index (χ1v) is 5.58. The van der Waals surface area contributed by atoms with E-state index in [1.54, 1.807) is 0 Å². The van der Waals surface area contributed by atoms with Gasteiger partial charge in [0.2, 0.25) is 0 Å². The molecule has 0 aliphatic rings. The number of nitrogens with zero attached hydrogens (tertiary/aromatic N) is 1. The number of pyridine rings is 1. The van der Waals surface area contributed by atoms with Crippen molar-refractivity contribution in [2.24, 2.45) is 0 Å². The quantitative estimate of drug-likeness (QED) is 0.650. The first-order valence-electron chi connectivity index (χ1n) is 5.58. The molecule has 0 bridgehead atoms. The van der Waals surface area contributed by atoms with Gasteiger partial charge in [-0.1, -0.05) is 18.2 Å². The van der Waals surface area contributed by atoms with Gasteiger partial charge in [0.05, 0.1) is 17.5 Å². The summed E-state index contributed by atoms with van der Waals surface area (Å²) in [5.41, 5.74) is -4.81. The Balaban J connectivity index is 2.95. The lowest BCUT2D eigenvalue weighted by atomic mass is 10.00. The molecule has 0 unspecified atom stereocenters. The fraction of sp³-hybridized carbons (Fsp3) is 0.250. The number of rotatable bonds is 1. The minimum atomic E-state index is -5.10. The molecule has 0 aliphatic carbocycles. The predicted octanol–water partition coefficient (Wildman–Crippen LogP) is 2.84. The van der Waals surface area contributed by atoms with Crippen LogP contribution < -0.4 is 11.4 Å². The van der Waals surface area contributed by atoms with Crippen molar-refractivity contribution in [3.63, 3.8) is 0 Å². The number of benzene rings is 1. The molecule has 2 rings (SSSR count). The van der Waals surface area contributed by atoms with Crippen molar-refractivity contribution in [1.29, 1.82) is 0 Å². The molecular weight excluding hydrogens is 302 g/mol. The number of aromatic nitrogens is 1. The minimum Gasteiger partial charge on any atom is -0.336 e. The second kappa shape index (κ2) is 4.68. The molecule has 0 aliphatic heterocycles. The van der Waals surface area contributed by atoms with E-state index in [1.807, 2.05) is 0 Å². The first-order chi connectivity index (χ1) is 9.52. The number of para-hydroxylation sites is 1. The summed E-state index contributed by atoms with van der Waals surface area (Å²) in [6.07, 6.45) is -12.1. The van der Waals surface area contributed by atoms with Crippen LogP contribution in [0.2, 0.25) is 0 Å². The molecule has 0 saturated carbocycles. The highest BCUT2D eigenvalue weighted by Crippen LogP contribution is 2.37. The molecule has 0 saturated heterocycles. The third-order valence-corrected chi connectivity index (χ3v) is 2.87. The SMILES string of the molecule is Nn1c(=O)c(CC(F)(F)F)c(C(F)(F)F)c2ccccc21. The van der Waals surface area contributed by atoms with Gasteiger partial charge in [0.25, 0.3) is 5.56 Å². The molecule has 9 heteroatoms. The molecule has 0 radical (unpaired) electrons. The zero-order chi connectivity index (χ0) is 16.0. The molecule has 0 atom stereocenters. The van der Waals surface area contributed by atoms with Crippen LogP contribution in [-0.2, 0) is 12.6 Å². The average molecular weight is 310 g/mol. The van der Waals surface area contributed by atoms with Gasteiger partial charge >= 0.3 is 12.4 Å². The summed E-state index contributed by atoms with van der Waals surface area (Å²) in [6, 6.07) is 4.65. The molecule has 3 nitrogen and oxygen atoms in total. The maximum Gasteiger partial charge on any atom is 0.417 e. The van der Waals surface area contributed by atoms with Crippen molar-refractivity contribution in [2.75, 3.05) is 5.84 Å². The van der Waals surface area contributed by atoms with Crippen LogP contribution in [0.1, 0.15) is 11.1 Å². The summed E-state index contributed by atoms with van der Waals surface area (Å²) < 4.78 is 77.0. The number of hydrogen-bond acceptors (Lipinski definition) is 2. The van der Waals surface area contributed by atoms with Crippen molar-refractivity contribution in [3.8, 4) is 0 Å². The van der Waals surface area contributed by atoms with E-state index in [9.17, 15) is 31.1 Å². The molecule has 1 aromatic carbocycles. The first kappa shape index (κ1) is 15.2. The van der Waals surface area contributed by atoms with Crippen molar-refractivity contribution < 1.29 is 26.3 Å². The molecule has 114 valence electrons. The monoisotopic (exact) mass is 310 g/mol. The Labute approximate surface area is 113 Å². The normalized spacial score (nSPS) is 12.9. The van der Waals surface area contributed by atoms with Gasteiger partial charge in [-0.3, -0.25) is 4.79 Å². The number of nitrogens with two attached hydrogens (primary N) is 1. The van der Waals surface area contributed by atoms with Crippen LogP contribution in [0.25, 0.3) is 10.9 Å². The topological polar surface area (TPSA) is 48.0 Å². The molecule has 1 heterocycles. The molecule has 0 amide bonds. The van der Waals surface area contributed by atoms with Crippen molar-refractivity contribution in [1.82, 2.24) is 4.68 Å². The molecule has 0 fully saturated rings. The van der Waals surface area contributed by atoms with Gasteiger partial charge in [0.1, 0.15) is 0 Å². The summed E-state index contributed by atoms with van der Waals surface area (Å²) in [4.78, 5) is 11.8. The van der Waals surface area contributed by atoms with Gasteiger partial charge in [-0.25, -0.2) is 4.68 Å². The minimum absolute atomic E-state index is 0.291. The summed E-state index contributed by atoms with van der Waals surface area (Å²) in [6.45, 7) is 0. The van der Waals surface area contributed by atoms with E-state index in [-0.39, 0.29) is 5.52 Å². The number of fused-ring (bicyclic) bond motifs is 1.